The first-order valence-corrected chi connectivity index (χ1v) is 6.16. The van der Waals surface area contributed by atoms with Crippen LogP contribution < -0.4 is 5.32 Å². The highest BCUT2D eigenvalue weighted by atomic mass is 16.3. The minimum absolute atomic E-state index is 0.272. The van der Waals surface area contributed by atoms with E-state index in [0.717, 1.165) is 25.8 Å². The van der Waals surface area contributed by atoms with Gasteiger partial charge >= 0.3 is 0 Å². The Kier molecular flexibility index (Phi) is 6.12. The molecule has 0 bridgehead atoms. The molecule has 0 fully saturated rings. The topological polar surface area (TPSA) is 32.3 Å². The molecule has 0 saturated heterocycles. The van der Waals surface area contributed by atoms with Crippen molar-refractivity contribution >= 4 is 0 Å². The monoisotopic (exact) mass is 221 g/mol. The second-order valence-corrected chi connectivity index (χ2v) is 4.33. The largest absolute Gasteiger partial charge is 0.396 e. The summed E-state index contributed by atoms with van der Waals surface area (Å²) in [6, 6.07) is 9.25. The molecule has 0 radical (unpaired) electrons. The molecule has 2 nitrogen and oxygen atoms in total. The molecule has 0 aliphatic carbocycles. The lowest BCUT2D eigenvalue weighted by atomic mass is 10.0. The average molecular weight is 221 g/mol. The minimum Gasteiger partial charge on any atom is -0.396 e. The number of nitrogens with one attached hydrogen (secondary N) is 1. The van der Waals surface area contributed by atoms with Gasteiger partial charge in [-0.3, -0.25) is 0 Å². The Balaban J connectivity index is 2.40. The minimum atomic E-state index is 0.272. The third kappa shape index (κ3) is 4.77. The maximum atomic E-state index is 8.73. The SMILES string of the molecule is CCC(Cc1ccc(C)cc1)NCCCO. The first-order chi connectivity index (χ1) is 7.76. The zero-order valence-electron chi connectivity index (χ0n) is 10.4. The molecule has 0 saturated carbocycles. The predicted molar refractivity (Wildman–Crippen MR) is 68.7 cm³/mol. The van der Waals surface area contributed by atoms with Crippen molar-refractivity contribution in [2.75, 3.05) is 13.2 Å². The van der Waals surface area contributed by atoms with E-state index in [1.54, 1.807) is 0 Å². The van der Waals surface area contributed by atoms with Crippen LogP contribution in [0.25, 0.3) is 0 Å². The highest BCUT2D eigenvalue weighted by molar-refractivity contribution is 5.22. The molecule has 2 heteroatoms. The van der Waals surface area contributed by atoms with Crippen molar-refractivity contribution in [2.24, 2.45) is 0 Å². The summed E-state index contributed by atoms with van der Waals surface area (Å²) < 4.78 is 0. The Hall–Kier alpha value is -0.860. The summed E-state index contributed by atoms with van der Waals surface area (Å²) in [6.45, 7) is 5.49. The fraction of sp³-hybridized carbons (Fsp3) is 0.571. The van der Waals surface area contributed by atoms with Gasteiger partial charge < -0.3 is 10.4 Å². The zero-order chi connectivity index (χ0) is 11.8. The van der Waals surface area contributed by atoms with E-state index in [9.17, 15) is 0 Å². The summed E-state index contributed by atoms with van der Waals surface area (Å²) in [5, 5.41) is 12.2. The van der Waals surface area contributed by atoms with Gasteiger partial charge in [0.1, 0.15) is 0 Å². The third-order valence-electron chi connectivity index (χ3n) is 2.86. The lowest BCUT2D eigenvalue weighted by Crippen LogP contribution is -2.31. The Bertz CT molecular complexity index is 281. The second kappa shape index (κ2) is 7.42. The van der Waals surface area contributed by atoms with Crippen LogP contribution in [0.15, 0.2) is 24.3 Å². The fourth-order valence-corrected chi connectivity index (χ4v) is 1.75. The Labute approximate surface area is 98.7 Å². The van der Waals surface area contributed by atoms with Crippen molar-refractivity contribution in [3.05, 3.63) is 35.4 Å². The summed E-state index contributed by atoms with van der Waals surface area (Å²) >= 11 is 0. The van der Waals surface area contributed by atoms with Crippen molar-refractivity contribution in [1.82, 2.24) is 5.32 Å². The van der Waals surface area contributed by atoms with Gasteiger partial charge in [0.25, 0.3) is 0 Å². The van der Waals surface area contributed by atoms with E-state index in [4.69, 9.17) is 5.11 Å². The van der Waals surface area contributed by atoms with Crippen LogP contribution in [0.3, 0.4) is 0 Å². The van der Waals surface area contributed by atoms with Gasteiger partial charge in [0, 0.05) is 12.6 Å². The molecule has 2 N–H and O–H groups in total. The van der Waals surface area contributed by atoms with E-state index in [2.05, 4.69) is 43.4 Å². The van der Waals surface area contributed by atoms with E-state index >= 15 is 0 Å². The van der Waals surface area contributed by atoms with E-state index in [0.29, 0.717) is 6.04 Å². The molecule has 0 heterocycles. The van der Waals surface area contributed by atoms with Crippen molar-refractivity contribution in [3.63, 3.8) is 0 Å². The van der Waals surface area contributed by atoms with E-state index in [1.165, 1.54) is 11.1 Å². The van der Waals surface area contributed by atoms with Crippen LogP contribution in [0.5, 0.6) is 0 Å². The lowest BCUT2D eigenvalue weighted by Gasteiger charge is -2.16. The van der Waals surface area contributed by atoms with E-state index in [-0.39, 0.29) is 6.61 Å². The van der Waals surface area contributed by atoms with Gasteiger partial charge in [0.2, 0.25) is 0 Å². The Morgan fingerprint density at radius 3 is 2.50 bits per heavy atom. The number of rotatable bonds is 7. The second-order valence-electron chi connectivity index (χ2n) is 4.33. The molecule has 1 aromatic carbocycles. The van der Waals surface area contributed by atoms with Gasteiger partial charge in [-0.05, 0) is 38.3 Å². The maximum Gasteiger partial charge on any atom is 0.0443 e. The molecule has 0 aliphatic rings. The van der Waals surface area contributed by atoms with Gasteiger partial charge in [-0.1, -0.05) is 36.8 Å². The van der Waals surface area contributed by atoms with Crippen LogP contribution in [-0.4, -0.2) is 24.3 Å². The maximum absolute atomic E-state index is 8.73. The van der Waals surface area contributed by atoms with Crippen LogP contribution in [0.2, 0.25) is 0 Å². The molecule has 90 valence electrons. The Morgan fingerprint density at radius 1 is 1.25 bits per heavy atom. The highest BCUT2D eigenvalue weighted by Gasteiger charge is 2.05. The smallest absolute Gasteiger partial charge is 0.0443 e. The molecule has 1 unspecified atom stereocenters. The van der Waals surface area contributed by atoms with Crippen molar-refractivity contribution in [1.29, 1.82) is 0 Å². The van der Waals surface area contributed by atoms with Gasteiger partial charge in [-0.2, -0.15) is 0 Å². The summed E-state index contributed by atoms with van der Waals surface area (Å²) in [5.74, 6) is 0. The molecular formula is C14H23NO. The molecule has 0 spiro atoms. The number of aryl methyl sites for hydroxylation is 1. The molecule has 1 atom stereocenters. The summed E-state index contributed by atoms with van der Waals surface area (Å²) in [4.78, 5) is 0. The average Bonchev–Trinajstić information content (AvgIpc) is 2.31. The van der Waals surface area contributed by atoms with Crippen molar-refractivity contribution in [2.45, 2.75) is 39.2 Å². The standard InChI is InChI=1S/C14H23NO/c1-3-14(15-9-4-10-16)11-13-7-5-12(2)6-8-13/h5-8,14-16H,3-4,9-11H2,1-2H3. The van der Waals surface area contributed by atoms with Crippen LogP contribution >= 0.6 is 0 Å². The van der Waals surface area contributed by atoms with E-state index < -0.39 is 0 Å². The first kappa shape index (κ1) is 13.2. The van der Waals surface area contributed by atoms with Crippen LogP contribution in [0.4, 0.5) is 0 Å². The molecule has 0 amide bonds. The molecular weight excluding hydrogens is 198 g/mol. The Morgan fingerprint density at radius 2 is 1.94 bits per heavy atom. The van der Waals surface area contributed by atoms with Gasteiger partial charge in [0.15, 0.2) is 0 Å². The molecule has 1 aromatic rings. The number of hydrogen-bond acceptors (Lipinski definition) is 2. The zero-order valence-corrected chi connectivity index (χ0v) is 10.4. The van der Waals surface area contributed by atoms with E-state index in [1.807, 2.05) is 0 Å². The van der Waals surface area contributed by atoms with Crippen LogP contribution in [0.1, 0.15) is 30.9 Å². The van der Waals surface area contributed by atoms with Crippen LogP contribution in [0, 0.1) is 6.92 Å². The molecule has 1 rings (SSSR count). The highest BCUT2D eigenvalue weighted by Crippen LogP contribution is 2.07. The summed E-state index contributed by atoms with van der Waals surface area (Å²) in [5.41, 5.74) is 2.69. The van der Waals surface area contributed by atoms with Gasteiger partial charge in [-0.25, -0.2) is 0 Å². The van der Waals surface area contributed by atoms with Crippen LogP contribution in [-0.2, 0) is 6.42 Å². The quantitative estimate of drug-likeness (QED) is 0.692. The number of aliphatic hydroxyl groups excluding tert-OH is 1. The third-order valence-corrected chi connectivity index (χ3v) is 2.86. The molecule has 0 aromatic heterocycles. The lowest BCUT2D eigenvalue weighted by molar-refractivity contribution is 0.282. The number of aliphatic hydroxyl groups is 1. The number of benzene rings is 1. The fourth-order valence-electron chi connectivity index (χ4n) is 1.75. The normalized spacial score (nSPS) is 12.7. The molecule has 0 aliphatic heterocycles. The first-order valence-electron chi connectivity index (χ1n) is 6.16. The molecule has 16 heavy (non-hydrogen) atoms. The van der Waals surface area contributed by atoms with Gasteiger partial charge in [-0.15, -0.1) is 0 Å². The number of hydrogen-bond donors (Lipinski definition) is 2. The predicted octanol–water partition coefficient (Wildman–Crippen LogP) is 2.29. The van der Waals surface area contributed by atoms with Gasteiger partial charge in [0.05, 0.1) is 0 Å². The van der Waals surface area contributed by atoms with Crippen molar-refractivity contribution < 1.29 is 5.11 Å². The summed E-state index contributed by atoms with van der Waals surface area (Å²) in [6.07, 6.45) is 3.03. The van der Waals surface area contributed by atoms with Crippen molar-refractivity contribution in [3.8, 4) is 0 Å². The summed E-state index contributed by atoms with van der Waals surface area (Å²) in [7, 11) is 0.